The Bertz CT molecular complexity index is 1530. The summed E-state index contributed by atoms with van der Waals surface area (Å²) in [5.41, 5.74) is 0. The molecular weight excluding hydrogens is 1090 g/mol. The fourth-order valence-electron chi connectivity index (χ4n) is 10.4. The lowest BCUT2D eigenvalue weighted by atomic mass is 9.91. The van der Waals surface area contributed by atoms with E-state index in [1.54, 1.807) is 6.92 Å². The van der Waals surface area contributed by atoms with Crippen LogP contribution in [-0.4, -0.2) is 369 Å². The van der Waals surface area contributed by atoms with Gasteiger partial charge in [0.15, 0.2) is 44.0 Å². The molecule has 14 unspecified atom stereocenters. The monoisotopic (exact) mass is 1160 g/mol. The van der Waals surface area contributed by atoms with Crippen molar-refractivity contribution in [1.29, 1.82) is 0 Å². The highest BCUT2D eigenvalue weighted by molar-refractivity contribution is 5.01. The van der Waals surface area contributed by atoms with Crippen LogP contribution in [0.2, 0.25) is 0 Å². The van der Waals surface area contributed by atoms with Gasteiger partial charge in [-0.15, -0.1) is 0 Å². The number of aliphatic hydroxyl groups is 21. The van der Waals surface area contributed by atoms with Crippen molar-refractivity contribution in [3.63, 3.8) is 0 Å². The molecule has 0 aliphatic carbocycles. The van der Waals surface area contributed by atoms with Crippen molar-refractivity contribution in [1.82, 2.24) is 0 Å². The molecule has 35 atom stereocenters. The first-order chi connectivity index (χ1) is 37.5. The number of rotatable bonds is 8. The van der Waals surface area contributed by atoms with E-state index >= 15 is 0 Å². The van der Waals surface area contributed by atoms with Crippen molar-refractivity contribution in [3.05, 3.63) is 0 Å². The molecule has 79 heavy (non-hydrogen) atoms. The van der Waals surface area contributed by atoms with Crippen LogP contribution in [0.25, 0.3) is 0 Å². The topological polar surface area (TPSA) is 554 Å². The number of methoxy groups -OCH3 is 1. The molecule has 0 aromatic carbocycles. The maximum atomic E-state index is 11.2. The van der Waals surface area contributed by atoms with E-state index in [2.05, 4.69) is 0 Å². The second kappa shape index (κ2) is 28.2. The van der Waals surface area contributed by atoms with Gasteiger partial charge in [0.25, 0.3) is 0 Å². The predicted octanol–water partition coefficient (Wildman–Crippen LogP) is -14.3. The first-order valence-electron chi connectivity index (χ1n) is 25.4. The zero-order valence-electron chi connectivity index (χ0n) is 42.3. The van der Waals surface area contributed by atoms with Crippen LogP contribution in [0.3, 0.4) is 0 Å². The third-order valence-corrected chi connectivity index (χ3v) is 15.1. The number of aliphatic hydroxyl groups excluding tert-OH is 21. The van der Waals surface area contributed by atoms with Gasteiger partial charge in [-0.05, 0) is 0 Å². The van der Waals surface area contributed by atoms with Gasteiger partial charge in [-0.2, -0.15) is 0 Å². The van der Waals surface area contributed by atoms with Crippen molar-refractivity contribution in [2.45, 2.75) is 216 Å². The fraction of sp³-hybridized carbons (Fsp3) is 1.00. The van der Waals surface area contributed by atoms with Gasteiger partial charge in [0.2, 0.25) is 0 Å². The van der Waals surface area contributed by atoms with Gasteiger partial charge in [-0.1, -0.05) is 6.92 Å². The van der Waals surface area contributed by atoms with Gasteiger partial charge < -0.3 is 174 Å². The van der Waals surface area contributed by atoms with Crippen LogP contribution in [0, 0.1) is 5.92 Å². The highest BCUT2D eigenvalue weighted by atomic mass is 16.8. The van der Waals surface area contributed by atoms with E-state index in [1.165, 1.54) is 7.11 Å². The third-order valence-electron chi connectivity index (χ3n) is 15.1. The zero-order valence-corrected chi connectivity index (χ0v) is 42.3. The van der Waals surface area contributed by atoms with Gasteiger partial charge in [0, 0.05) is 13.0 Å². The summed E-state index contributed by atoms with van der Waals surface area (Å²) in [6.45, 7) is -4.47. The van der Waals surface area contributed by atoms with Crippen molar-refractivity contribution < 1.29 is 174 Å². The molecule has 0 radical (unpaired) electrons. The summed E-state index contributed by atoms with van der Waals surface area (Å²) < 4.78 is 77.9. The van der Waals surface area contributed by atoms with E-state index < -0.39 is 248 Å². The Balaban J connectivity index is 0.000000609. The third kappa shape index (κ3) is 13.4. The van der Waals surface area contributed by atoms with E-state index in [0.717, 1.165) is 0 Å². The molecular formula is C44H76O35. The quantitative estimate of drug-likeness (QED) is 0.107. The minimum Gasteiger partial charge on any atom is -0.394 e. The predicted molar refractivity (Wildman–Crippen MR) is 240 cm³/mol. The molecule has 23 rings (SSSR count). The molecule has 23 fully saturated rings. The number of hydrogen-bond donors (Lipinski definition) is 21. The molecule has 23 saturated heterocycles. The zero-order chi connectivity index (χ0) is 58.1. The van der Waals surface area contributed by atoms with Crippen LogP contribution >= 0.6 is 0 Å². The highest BCUT2D eigenvalue weighted by Gasteiger charge is 2.59. The Kier molecular flexibility index (Phi) is 23.3. The Labute approximate surface area is 448 Å². The summed E-state index contributed by atoms with van der Waals surface area (Å²) in [7, 11) is 1.38. The van der Waals surface area contributed by atoms with Crippen LogP contribution in [0.15, 0.2) is 0 Å². The standard InChI is InChI=1S/C36H60O30.C8H16O5/c37-1-7-25-13(43)19(49)31(55-7)62-26-8(2-38)57-33(21(51)15(26)45)64-28-10(4-40)59-35(23(53)17(28)47)66-30-12(6-42)60-36(24(54)18(30)48)65-29-11(5-41)58-34(22(52)16(29)46)63-27-9(3-39)56-32(61-25)20(50)14(27)44;1-4-5(3-9)13-8(12-2)7(11)6(4)10/h7-54H,1-6H2;4-11H,3H2,1-2H3/t7?,8?,9?,10?,11?,12?,13-,14-,15-,16-,17-,18-,19?,20?,21?,22?,23?,24?,25-,26-,27-,28-,29-,30-,31-,32-,33-,34-,35-,36+;4-,5?,6+,7?,8-/m11/s1. The molecule has 0 aromatic rings. The summed E-state index contributed by atoms with van der Waals surface area (Å²) >= 11 is 0. The average Bonchev–Trinajstić information content (AvgIpc) is 3.48. The first kappa shape index (κ1) is 65.1. The normalized spacial score (nSPS) is 53.9. The Morgan fingerprint density at radius 1 is 0.241 bits per heavy atom. The maximum absolute atomic E-state index is 11.2. The minimum atomic E-state index is -2.15. The smallest absolute Gasteiger partial charge is 0.187 e. The largest absolute Gasteiger partial charge is 0.394 e. The van der Waals surface area contributed by atoms with E-state index in [4.69, 9.17) is 71.4 Å². The van der Waals surface area contributed by atoms with Gasteiger partial charge in [-0.25, -0.2) is 0 Å². The second-order valence-electron chi connectivity index (χ2n) is 20.1. The number of hydrogen-bond acceptors (Lipinski definition) is 35. The molecule has 35 nitrogen and oxygen atoms in total. The fourth-order valence-corrected chi connectivity index (χ4v) is 10.4. The van der Waals surface area contributed by atoms with Crippen LogP contribution in [0.5, 0.6) is 0 Å². The lowest BCUT2D eigenvalue weighted by Crippen LogP contribution is -2.69. The van der Waals surface area contributed by atoms with E-state index in [0.29, 0.717) is 0 Å². The number of ether oxygens (including phenoxy) is 14. The Hall–Kier alpha value is -1.40. The van der Waals surface area contributed by atoms with E-state index in [1.807, 2.05) is 0 Å². The van der Waals surface area contributed by atoms with Crippen molar-refractivity contribution in [2.24, 2.45) is 5.92 Å². The van der Waals surface area contributed by atoms with Crippen LogP contribution in [0.1, 0.15) is 6.92 Å². The molecule has 23 aliphatic rings. The van der Waals surface area contributed by atoms with Gasteiger partial charge >= 0.3 is 0 Å². The lowest BCUT2D eigenvalue weighted by molar-refractivity contribution is -0.404. The maximum Gasteiger partial charge on any atom is 0.187 e. The summed E-state index contributed by atoms with van der Waals surface area (Å²) in [6, 6.07) is 0. The van der Waals surface area contributed by atoms with Crippen molar-refractivity contribution in [3.8, 4) is 0 Å². The molecule has 23 aliphatic heterocycles. The SMILES string of the molecule is CO[C@@H]1OC(CO)[C@@H](C)[C@H](O)C1O.OCC1O[C@@H]2O[C@@H]3C(CO)O[C@H](O[C@@H]4C(CO)O[C@H](O[C@@H]5C(CO)O[C@@H](O[C@@H]6C(CO)O[C@H](O[C@@H]7C(CO)O[C@H](O[C@H]1[C@H](O)C2O)C(O)[C@H]7O)C(O)[C@H]6O)C(O)[C@H]5O)C(O)[C@H]4O)C(O)[C@H]3O. The average molecular weight is 1170 g/mol. The van der Waals surface area contributed by atoms with Crippen molar-refractivity contribution in [2.75, 3.05) is 53.4 Å². The summed E-state index contributed by atoms with van der Waals surface area (Å²) in [6.07, 6.45) is -61.8. The molecule has 0 aromatic heterocycles. The Morgan fingerprint density at radius 2 is 0.430 bits per heavy atom. The Morgan fingerprint density at radius 3 is 0.595 bits per heavy atom. The van der Waals surface area contributed by atoms with E-state index in [9.17, 15) is 102 Å². The van der Waals surface area contributed by atoms with Gasteiger partial charge in [0.1, 0.15) is 153 Å². The highest BCUT2D eigenvalue weighted by Crippen LogP contribution is 2.38. The molecule has 462 valence electrons. The van der Waals surface area contributed by atoms with Crippen LogP contribution < -0.4 is 0 Å². The lowest BCUT2D eigenvalue weighted by Gasteiger charge is -2.50. The molecule has 0 amide bonds. The molecule has 0 spiro atoms. The summed E-state index contributed by atoms with van der Waals surface area (Å²) in [5.74, 6) is -0.300. The minimum absolute atomic E-state index is 0.190. The van der Waals surface area contributed by atoms with Crippen LogP contribution in [-0.2, 0) is 66.3 Å². The van der Waals surface area contributed by atoms with Crippen LogP contribution in [0.4, 0.5) is 0 Å². The molecule has 12 bridgehead atoms. The van der Waals surface area contributed by atoms with Crippen molar-refractivity contribution >= 4 is 0 Å². The molecule has 21 N–H and O–H groups in total. The second-order valence-corrected chi connectivity index (χ2v) is 20.1. The molecule has 0 saturated carbocycles. The molecule has 23 heterocycles. The van der Waals surface area contributed by atoms with Gasteiger partial charge in [-0.3, -0.25) is 0 Å². The first-order valence-corrected chi connectivity index (χ1v) is 25.4. The van der Waals surface area contributed by atoms with E-state index in [-0.39, 0.29) is 12.5 Å². The summed E-state index contributed by atoms with van der Waals surface area (Å²) in [4.78, 5) is 0. The molecule has 35 heteroatoms. The van der Waals surface area contributed by atoms with Gasteiger partial charge in [0.05, 0.1) is 58.5 Å². The summed E-state index contributed by atoms with van der Waals surface area (Å²) in [5, 5.41) is 223.